The van der Waals surface area contributed by atoms with E-state index in [1.54, 1.807) is 48.5 Å². The van der Waals surface area contributed by atoms with E-state index in [-0.39, 0.29) is 6.54 Å². The summed E-state index contributed by atoms with van der Waals surface area (Å²) in [5.74, 6) is -1.54. The number of nitrogens with one attached hydrogen (secondary N) is 2. The van der Waals surface area contributed by atoms with E-state index in [1.165, 1.54) is 0 Å². The van der Waals surface area contributed by atoms with Crippen LogP contribution in [0.3, 0.4) is 0 Å². The van der Waals surface area contributed by atoms with Crippen molar-refractivity contribution in [3.05, 3.63) is 69.2 Å². The van der Waals surface area contributed by atoms with Crippen molar-refractivity contribution in [2.75, 3.05) is 13.2 Å². The Morgan fingerprint density at radius 3 is 2.27 bits per heavy atom. The van der Waals surface area contributed by atoms with Gasteiger partial charge in [0.15, 0.2) is 6.61 Å². The molecule has 0 aliphatic rings. The maximum absolute atomic E-state index is 11.9. The fourth-order valence-corrected chi connectivity index (χ4v) is 2.30. The molecule has 0 radical (unpaired) electrons. The van der Waals surface area contributed by atoms with Gasteiger partial charge in [-0.05, 0) is 42.0 Å². The average Bonchev–Trinajstić information content (AvgIpc) is 2.64. The molecule has 6 nitrogen and oxygen atoms in total. The quantitative estimate of drug-likeness (QED) is 0.650. The van der Waals surface area contributed by atoms with Crippen LogP contribution in [0, 0.1) is 0 Å². The molecule has 0 saturated heterocycles. The van der Waals surface area contributed by atoms with E-state index in [4.69, 9.17) is 16.3 Å². The van der Waals surface area contributed by atoms with Gasteiger partial charge >= 0.3 is 5.97 Å². The van der Waals surface area contributed by atoms with Crippen LogP contribution in [0.15, 0.2) is 53.0 Å². The van der Waals surface area contributed by atoms with Gasteiger partial charge in [0, 0.05) is 21.6 Å². The molecular formula is C18H16BrClN2O4. The first kappa shape index (κ1) is 19.9. The third-order valence-electron chi connectivity index (χ3n) is 3.27. The van der Waals surface area contributed by atoms with E-state index in [0.717, 1.165) is 10.0 Å². The van der Waals surface area contributed by atoms with Crippen molar-refractivity contribution in [1.82, 2.24) is 10.6 Å². The molecule has 0 spiro atoms. The minimum absolute atomic E-state index is 0.299. The largest absolute Gasteiger partial charge is 0.454 e. The summed E-state index contributed by atoms with van der Waals surface area (Å²) < 4.78 is 5.67. The zero-order valence-corrected chi connectivity index (χ0v) is 16.0. The first-order chi connectivity index (χ1) is 12.4. The molecule has 0 saturated carbocycles. The summed E-state index contributed by atoms with van der Waals surface area (Å²) in [7, 11) is 0. The lowest BCUT2D eigenvalue weighted by atomic mass is 10.2. The number of benzene rings is 2. The third-order valence-corrected chi connectivity index (χ3v) is 4.05. The van der Waals surface area contributed by atoms with Crippen molar-refractivity contribution in [2.24, 2.45) is 0 Å². The molecule has 0 aliphatic carbocycles. The first-order valence-electron chi connectivity index (χ1n) is 7.64. The molecule has 0 heterocycles. The maximum Gasteiger partial charge on any atom is 0.325 e. The predicted octanol–water partition coefficient (Wildman–Crippen LogP) is 2.69. The molecule has 0 aliphatic heterocycles. The highest BCUT2D eigenvalue weighted by Crippen LogP contribution is 2.10. The zero-order chi connectivity index (χ0) is 18.9. The Hall–Kier alpha value is -2.38. The molecule has 2 amide bonds. The van der Waals surface area contributed by atoms with Crippen LogP contribution in [-0.2, 0) is 20.9 Å². The molecule has 0 unspecified atom stereocenters. The number of carbonyl (C=O) groups excluding carboxylic acids is 3. The van der Waals surface area contributed by atoms with Gasteiger partial charge < -0.3 is 15.4 Å². The number of esters is 1. The SMILES string of the molecule is O=C(COC(=O)CNC(=O)c1ccc(Br)cc1)NCc1ccc(Cl)cc1. The van der Waals surface area contributed by atoms with Gasteiger partial charge in [0.05, 0.1) is 0 Å². The Kier molecular flexibility index (Phi) is 7.62. The minimum Gasteiger partial charge on any atom is -0.454 e. The van der Waals surface area contributed by atoms with Gasteiger partial charge in [0.2, 0.25) is 0 Å². The molecule has 2 N–H and O–H groups in total. The molecule has 2 aromatic carbocycles. The third kappa shape index (κ3) is 6.85. The highest BCUT2D eigenvalue weighted by Gasteiger charge is 2.10. The second kappa shape index (κ2) is 9.94. The standard InChI is InChI=1S/C18H16BrClN2O4/c19-14-5-3-13(4-6-14)18(25)22-10-17(24)26-11-16(23)21-9-12-1-7-15(20)8-2-12/h1-8H,9-11H2,(H,21,23)(H,22,25). The summed E-state index contributed by atoms with van der Waals surface area (Å²) in [6.45, 7) is -0.437. The van der Waals surface area contributed by atoms with Crippen LogP contribution in [0.5, 0.6) is 0 Å². The van der Waals surface area contributed by atoms with Crippen molar-refractivity contribution < 1.29 is 19.1 Å². The minimum atomic E-state index is -0.697. The van der Waals surface area contributed by atoms with E-state index >= 15 is 0 Å². The van der Waals surface area contributed by atoms with Crippen LogP contribution >= 0.6 is 27.5 Å². The van der Waals surface area contributed by atoms with Gasteiger partial charge in [-0.3, -0.25) is 14.4 Å². The molecule has 0 fully saturated rings. The Bertz CT molecular complexity index is 779. The Balaban J connectivity index is 1.66. The molecule has 0 atom stereocenters. The second-order valence-corrected chi connectivity index (χ2v) is 6.61. The summed E-state index contributed by atoms with van der Waals surface area (Å²) in [4.78, 5) is 35.1. The topological polar surface area (TPSA) is 84.5 Å². The van der Waals surface area contributed by atoms with Crippen LogP contribution in [0.25, 0.3) is 0 Å². The van der Waals surface area contributed by atoms with E-state index in [1.807, 2.05) is 0 Å². The smallest absolute Gasteiger partial charge is 0.325 e. The van der Waals surface area contributed by atoms with Crippen molar-refractivity contribution in [3.63, 3.8) is 0 Å². The van der Waals surface area contributed by atoms with Crippen molar-refractivity contribution in [1.29, 1.82) is 0 Å². The van der Waals surface area contributed by atoms with E-state index in [2.05, 4.69) is 26.6 Å². The number of halogens is 2. The van der Waals surface area contributed by atoms with Gasteiger partial charge in [0.25, 0.3) is 11.8 Å². The van der Waals surface area contributed by atoms with Gasteiger partial charge in [0.1, 0.15) is 6.54 Å². The van der Waals surface area contributed by atoms with E-state index in [9.17, 15) is 14.4 Å². The molecule has 26 heavy (non-hydrogen) atoms. The second-order valence-electron chi connectivity index (χ2n) is 5.25. The normalized spacial score (nSPS) is 10.1. The summed E-state index contributed by atoms with van der Waals surface area (Å²) in [6, 6.07) is 13.7. The molecule has 2 aromatic rings. The Morgan fingerprint density at radius 1 is 0.962 bits per heavy atom. The fraction of sp³-hybridized carbons (Fsp3) is 0.167. The molecule has 8 heteroatoms. The maximum atomic E-state index is 11.9. The summed E-state index contributed by atoms with van der Waals surface area (Å²) in [5.41, 5.74) is 1.29. The molecule has 0 aromatic heterocycles. The number of amides is 2. The van der Waals surface area contributed by atoms with E-state index < -0.39 is 24.4 Å². The van der Waals surface area contributed by atoms with Crippen LogP contribution in [-0.4, -0.2) is 30.9 Å². The lowest BCUT2D eigenvalue weighted by molar-refractivity contribution is -0.147. The fourth-order valence-electron chi connectivity index (χ4n) is 1.91. The monoisotopic (exact) mass is 438 g/mol. The van der Waals surface area contributed by atoms with Gasteiger partial charge in [-0.1, -0.05) is 39.7 Å². The number of hydrogen-bond donors (Lipinski definition) is 2. The Morgan fingerprint density at radius 2 is 1.62 bits per heavy atom. The first-order valence-corrected chi connectivity index (χ1v) is 8.81. The van der Waals surface area contributed by atoms with Gasteiger partial charge in [-0.15, -0.1) is 0 Å². The highest BCUT2D eigenvalue weighted by atomic mass is 79.9. The van der Waals surface area contributed by atoms with Crippen LogP contribution in [0.4, 0.5) is 0 Å². The van der Waals surface area contributed by atoms with E-state index in [0.29, 0.717) is 17.1 Å². The zero-order valence-electron chi connectivity index (χ0n) is 13.6. The number of carbonyl (C=O) groups is 3. The lowest BCUT2D eigenvalue weighted by Gasteiger charge is -2.08. The van der Waals surface area contributed by atoms with Crippen molar-refractivity contribution in [3.8, 4) is 0 Å². The molecular weight excluding hydrogens is 424 g/mol. The lowest BCUT2D eigenvalue weighted by Crippen LogP contribution is -2.33. The Labute approximate surface area is 164 Å². The van der Waals surface area contributed by atoms with Crippen molar-refractivity contribution >= 4 is 45.3 Å². The van der Waals surface area contributed by atoms with Gasteiger partial charge in [-0.2, -0.15) is 0 Å². The number of hydrogen-bond acceptors (Lipinski definition) is 4. The van der Waals surface area contributed by atoms with Crippen LogP contribution < -0.4 is 10.6 Å². The van der Waals surface area contributed by atoms with Gasteiger partial charge in [-0.25, -0.2) is 0 Å². The predicted molar refractivity (Wildman–Crippen MR) is 101 cm³/mol. The molecule has 0 bridgehead atoms. The number of rotatable bonds is 7. The number of ether oxygens (including phenoxy) is 1. The summed E-state index contributed by atoms with van der Waals surface area (Å²) >= 11 is 9.05. The van der Waals surface area contributed by atoms with Crippen LogP contribution in [0.2, 0.25) is 5.02 Å². The average molecular weight is 440 g/mol. The molecule has 2 rings (SSSR count). The highest BCUT2D eigenvalue weighted by molar-refractivity contribution is 9.10. The van der Waals surface area contributed by atoms with Crippen molar-refractivity contribution in [2.45, 2.75) is 6.54 Å². The molecule has 136 valence electrons. The summed E-state index contributed by atoms with van der Waals surface area (Å²) in [5, 5.41) is 5.66. The summed E-state index contributed by atoms with van der Waals surface area (Å²) in [6.07, 6.45) is 0. The van der Waals surface area contributed by atoms with Crippen LogP contribution in [0.1, 0.15) is 15.9 Å².